The van der Waals surface area contributed by atoms with Crippen molar-refractivity contribution in [2.45, 2.75) is 25.9 Å². The van der Waals surface area contributed by atoms with Gasteiger partial charge in [0.25, 0.3) is 0 Å². The van der Waals surface area contributed by atoms with Gasteiger partial charge in [0.05, 0.1) is 13.2 Å². The molecule has 1 aliphatic rings. The Kier molecular flexibility index (Phi) is 5.61. The summed E-state index contributed by atoms with van der Waals surface area (Å²) in [6.07, 6.45) is 0.844. The van der Waals surface area contributed by atoms with Gasteiger partial charge in [-0.2, -0.15) is 0 Å². The molecular weight excluding hydrogens is 335 g/mol. The Hall–Kier alpha value is -2.76. The molecule has 138 valence electrons. The standard InChI is InChI=1S/C20H23FN2O3/c1-14(20(24)23(2)13-15-5-3-6-16(21)11-15)22-17-7-8-18-19(12-17)26-10-4-9-25-18/h3,5-8,11-12,14,22H,4,9-10,13H2,1-2H3. The van der Waals surface area contributed by atoms with Gasteiger partial charge >= 0.3 is 0 Å². The van der Waals surface area contributed by atoms with Crippen LogP contribution in [0.2, 0.25) is 0 Å². The first kappa shape index (κ1) is 18.0. The Morgan fingerprint density at radius 1 is 1.19 bits per heavy atom. The number of hydrogen-bond donors (Lipinski definition) is 1. The number of rotatable bonds is 5. The van der Waals surface area contributed by atoms with Crippen molar-refractivity contribution in [1.29, 1.82) is 0 Å². The van der Waals surface area contributed by atoms with Gasteiger partial charge < -0.3 is 19.7 Å². The molecule has 2 aromatic carbocycles. The lowest BCUT2D eigenvalue weighted by Gasteiger charge is -2.23. The van der Waals surface area contributed by atoms with Crippen molar-refractivity contribution in [2.24, 2.45) is 0 Å². The van der Waals surface area contributed by atoms with E-state index in [0.717, 1.165) is 23.4 Å². The van der Waals surface area contributed by atoms with E-state index in [4.69, 9.17) is 9.47 Å². The summed E-state index contributed by atoms with van der Waals surface area (Å²) >= 11 is 0. The van der Waals surface area contributed by atoms with E-state index in [2.05, 4.69) is 5.32 Å². The number of carbonyl (C=O) groups excluding carboxylic acids is 1. The molecule has 1 N–H and O–H groups in total. The third kappa shape index (κ3) is 4.45. The summed E-state index contributed by atoms with van der Waals surface area (Å²) in [6.45, 7) is 3.40. The van der Waals surface area contributed by atoms with Crippen LogP contribution in [-0.4, -0.2) is 37.1 Å². The van der Waals surface area contributed by atoms with Crippen molar-refractivity contribution in [1.82, 2.24) is 4.90 Å². The van der Waals surface area contributed by atoms with Crippen molar-refractivity contribution in [3.8, 4) is 11.5 Å². The summed E-state index contributed by atoms with van der Waals surface area (Å²) in [5.41, 5.74) is 1.54. The fraction of sp³-hybridized carbons (Fsp3) is 0.350. The second-order valence-electron chi connectivity index (χ2n) is 6.40. The smallest absolute Gasteiger partial charge is 0.244 e. The van der Waals surface area contributed by atoms with Crippen molar-refractivity contribution >= 4 is 11.6 Å². The van der Waals surface area contributed by atoms with E-state index in [9.17, 15) is 9.18 Å². The quantitative estimate of drug-likeness (QED) is 0.890. The van der Waals surface area contributed by atoms with Gasteiger partial charge in [-0.3, -0.25) is 4.79 Å². The Morgan fingerprint density at radius 2 is 1.96 bits per heavy atom. The van der Waals surface area contributed by atoms with Gasteiger partial charge in [-0.05, 0) is 36.8 Å². The van der Waals surface area contributed by atoms with Crippen LogP contribution in [0.3, 0.4) is 0 Å². The third-order valence-corrected chi connectivity index (χ3v) is 4.19. The van der Waals surface area contributed by atoms with E-state index in [1.54, 1.807) is 31.0 Å². The number of nitrogens with zero attached hydrogens (tertiary/aromatic N) is 1. The highest BCUT2D eigenvalue weighted by atomic mass is 19.1. The molecule has 1 heterocycles. The zero-order valence-electron chi connectivity index (χ0n) is 15.0. The molecular formula is C20H23FN2O3. The first-order valence-corrected chi connectivity index (χ1v) is 8.68. The van der Waals surface area contributed by atoms with E-state index < -0.39 is 6.04 Å². The highest BCUT2D eigenvalue weighted by Gasteiger charge is 2.19. The van der Waals surface area contributed by atoms with Crippen molar-refractivity contribution in [3.63, 3.8) is 0 Å². The van der Waals surface area contributed by atoms with Gasteiger partial charge in [-0.1, -0.05) is 12.1 Å². The Labute approximate surface area is 152 Å². The Morgan fingerprint density at radius 3 is 2.73 bits per heavy atom. The highest BCUT2D eigenvalue weighted by molar-refractivity contribution is 5.84. The predicted molar refractivity (Wildman–Crippen MR) is 98.0 cm³/mol. The lowest BCUT2D eigenvalue weighted by molar-refractivity contribution is -0.130. The fourth-order valence-corrected chi connectivity index (χ4v) is 2.88. The molecule has 1 atom stereocenters. The normalized spacial score (nSPS) is 14.3. The van der Waals surface area contributed by atoms with Crippen LogP contribution in [0.25, 0.3) is 0 Å². The molecule has 0 radical (unpaired) electrons. The zero-order chi connectivity index (χ0) is 18.5. The molecule has 1 unspecified atom stereocenters. The summed E-state index contributed by atoms with van der Waals surface area (Å²) < 4.78 is 24.6. The van der Waals surface area contributed by atoms with Crippen LogP contribution >= 0.6 is 0 Å². The number of hydrogen-bond acceptors (Lipinski definition) is 4. The van der Waals surface area contributed by atoms with E-state index in [-0.39, 0.29) is 11.7 Å². The van der Waals surface area contributed by atoms with Crippen LogP contribution in [-0.2, 0) is 11.3 Å². The van der Waals surface area contributed by atoms with Gasteiger partial charge in [-0.15, -0.1) is 0 Å². The van der Waals surface area contributed by atoms with Gasteiger partial charge in [0.2, 0.25) is 5.91 Å². The number of halogens is 1. The molecule has 0 fully saturated rings. The number of anilines is 1. The minimum absolute atomic E-state index is 0.0821. The topological polar surface area (TPSA) is 50.8 Å². The highest BCUT2D eigenvalue weighted by Crippen LogP contribution is 2.32. The van der Waals surface area contributed by atoms with E-state index in [0.29, 0.717) is 25.5 Å². The number of benzene rings is 2. The van der Waals surface area contributed by atoms with Crippen molar-refractivity contribution < 1.29 is 18.7 Å². The number of likely N-dealkylation sites (N-methyl/N-ethyl adjacent to an activating group) is 1. The number of fused-ring (bicyclic) bond motifs is 1. The molecule has 0 spiro atoms. The first-order valence-electron chi connectivity index (χ1n) is 8.68. The predicted octanol–water partition coefficient (Wildman–Crippen LogP) is 3.45. The average molecular weight is 358 g/mol. The lowest BCUT2D eigenvalue weighted by Crippen LogP contribution is -2.38. The summed E-state index contributed by atoms with van der Waals surface area (Å²) in [5, 5.41) is 3.19. The molecule has 26 heavy (non-hydrogen) atoms. The Bertz CT molecular complexity index is 781. The van der Waals surface area contributed by atoms with E-state index in [1.807, 2.05) is 18.2 Å². The SMILES string of the molecule is CC(Nc1ccc2c(c1)OCCCO2)C(=O)N(C)Cc1cccc(F)c1. The van der Waals surface area contributed by atoms with Crippen LogP contribution in [0.15, 0.2) is 42.5 Å². The maximum atomic E-state index is 13.3. The molecule has 1 aliphatic heterocycles. The minimum Gasteiger partial charge on any atom is -0.490 e. The molecule has 2 aromatic rings. The number of amides is 1. The van der Waals surface area contributed by atoms with Gasteiger partial charge in [0, 0.05) is 31.8 Å². The second kappa shape index (κ2) is 8.08. The molecule has 0 saturated carbocycles. The largest absolute Gasteiger partial charge is 0.490 e. The molecule has 1 amide bonds. The lowest BCUT2D eigenvalue weighted by atomic mass is 10.2. The molecule has 0 bridgehead atoms. The molecule has 6 heteroatoms. The third-order valence-electron chi connectivity index (χ3n) is 4.19. The molecule has 0 saturated heterocycles. The fourth-order valence-electron chi connectivity index (χ4n) is 2.88. The van der Waals surface area contributed by atoms with E-state index >= 15 is 0 Å². The molecule has 5 nitrogen and oxygen atoms in total. The van der Waals surface area contributed by atoms with Crippen LogP contribution in [0.4, 0.5) is 10.1 Å². The molecule has 0 aliphatic carbocycles. The maximum absolute atomic E-state index is 13.3. The molecule has 3 rings (SSSR count). The zero-order valence-corrected chi connectivity index (χ0v) is 15.0. The maximum Gasteiger partial charge on any atom is 0.244 e. The summed E-state index contributed by atoms with van der Waals surface area (Å²) in [5.74, 6) is 1.01. The van der Waals surface area contributed by atoms with Crippen LogP contribution in [0.1, 0.15) is 18.9 Å². The Balaban J connectivity index is 1.62. The summed E-state index contributed by atoms with van der Waals surface area (Å²) in [6, 6.07) is 11.4. The van der Waals surface area contributed by atoms with Crippen molar-refractivity contribution in [3.05, 3.63) is 53.8 Å². The van der Waals surface area contributed by atoms with Gasteiger partial charge in [0.1, 0.15) is 11.9 Å². The van der Waals surface area contributed by atoms with Crippen LogP contribution < -0.4 is 14.8 Å². The van der Waals surface area contributed by atoms with Crippen LogP contribution in [0, 0.1) is 5.82 Å². The van der Waals surface area contributed by atoms with Crippen LogP contribution in [0.5, 0.6) is 11.5 Å². The first-order chi connectivity index (χ1) is 12.5. The minimum atomic E-state index is -0.432. The van der Waals surface area contributed by atoms with Crippen molar-refractivity contribution in [2.75, 3.05) is 25.6 Å². The summed E-state index contributed by atoms with van der Waals surface area (Å²) in [7, 11) is 1.71. The number of carbonyl (C=O) groups is 1. The average Bonchev–Trinajstić information content (AvgIpc) is 2.86. The van der Waals surface area contributed by atoms with Gasteiger partial charge in [-0.25, -0.2) is 4.39 Å². The van der Waals surface area contributed by atoms with Gasteiger partial charge in [0.15, 0.2) is 11.5 Å². The number of nitrogens with one attached hydrogen (secondary N) is 1. The number of ether oxygens (including phenoxy) is 2. The van der Waals surface area contributed by atoms with E-state index in [1.165, 1.54) is 12.1 Å². The second-order valence-corrected chi connectivity index (χ2v) is 6.40. The summed E-state index contributed by atoms with van der Waals surface area (Å²) in [4.78, 5) is 14.2. The monoisotopic (exact) mass is 358 g/mol. The molecule has 0 aromatic heterocycles.